The molecule has 0 unspecified atom stereocenters. The fourth-order valence-corrected chi connectivity index (χ4v) is 3.71. The Bertz CT molecular complexity index is 738. The van der Waals surface area contributed by atoms with Crippen LogP contribution in [-0.2, 0) is 13.2 Å². The van der Waals surface area contributed by atoms with Crippen LogP contribution in [0.4, 0.5) is 5.69 Å². The summed E-state index contributed by atoms with van der Waals surface area (Å²) in [5.41, 5.74) is 2.66. The Hall–Kier alpha value is -1.76. The Labute approximate surface area is 137 Å². The van der Waals surface area contributed by atoms with Crippen molar-refractivity contribution in [3.8, 4) is 11.3 Å². The van der Waals surface area contributed by atoms with Crippen molar-refractivity contribution < 1.29 is 9.52 Å². The van der Waals surface area contributed by atoms with Gasteiger partial charge in [0.1, 0.15) is 0 Å². The monoisotopic (exact) mass is 332 g/mol. The smallest absolute Gasteiger partial charge is 0.181 e. The molecule has 3 rings (SSSR count). The maximum atomic E-state index is 9.57. The third-order valence-corrected chi connectivity index (χ3v) is 5.45. The van der Waals surface area contributed by atoms with Crippen LogP contribution in [0.2, 0.25) is 0 Å². The molecule has 2 aromatic heterocycles. The van der Waals surface area contributed by atoms with Gasteiger partial charge in [0.15, 0.2) is 12.2 Å². The number of hydrogen-bond donors (Lipinski definition) is 2. The summed E-state index contributed by atoms with van der Waals surface area (Å²) in [4.78, 5) is 5.20. The van der Waals surface area contributed by atoms with Gasteiger partial charge in [0.25, 0.3) is 0 Å². The van der Waals surface area contributed by atoms with Gasteiger partial charge in [-0.15, -0.1) is 23.1 Å². The van der Waals surface area contributed by atoms with E-state index in [0.717, 1.165) is 23.4 Å². The molecule has 0 radical (unpaired) electrons. The van der Waals surface area contributed by atoms with Crippen molar-refractivity contribution in [2.75, 3.05) is 11.6 Å². The predicted molar refractivity (Wildman–Crippen MR) is 91.3 cm³/mol. The van der Waals surface area contributed by atoms with Crippen LogP contribution in [0.25, 0.3) is 11.3 Å². The number of nitrogens with one attached hydrogen (secondary N) is 1. The van der Waals surface area contributed by atoms with Crippen molar-refractivity contribution in [1.29, 1.82) is 0 Å². The van der Waals surface area contributed by atoms with Crippen LogP contribution in [0.15, 0.2) is 51.5 Å². The number of aliphatic hydroxyl groups excluding tert-OH is 1. The summed E-state index contributed by atoms with van der Waals surface area (Å²) in [6, 6.07) is 10.1. The van der Waals surface area contributed by atoms with E-state index in [1.807, 2.05) is 18.2 Å². The lowest BCUT2D eigenvalue weighted by molar-refractivity contribution is 0.282. The molecule has 0 aliphatic rings. The fraction of sp³-hybridized carbons (Fsp3) is 0.188. The SMILES string of the molecule is CSc1ccc(CNc2ccc(-c3cnco3)c(CO)c2)s1. The van der Waals surface area contributed by atoms with E-state index in [1.54, 1.807) is 29.3 Å². The standard InChI is InChI=1S/C16H16N2O2S2/c1-21-16-5-3-13(22-16)7-18-12-2-4-14(11(6-12)9-19)15-8-17-10-20-15/h2-6,8,10,18-19H,7,9H2,1H3. The first kappa shape index (κ1) is 15.1. The molecule has 0 aliphatic heterocycles. The Morgan fingerprint density at radius 1 is 1.32 bits per heavy atom. The average Bonchev–Trinajstić information content (AvgIpc) is 3.24. The second kappa shape index (κ2) is 7.00. The van der Waals surface area contributed by atoms with Gasteiger partial charge in [0.05, 0.1) is 17.0 Å². The summed E-state index contributed by atoms with van der Waals surface area (Å²) in [6.45, 7) is 0.735. The van der Waals surface area contributed by atoms with Crippen LogP contribution in [0.1, 0.15) is 10.4 Å². The molecule has 3 aromatic rings. The number of oxazole rings is 1. The predicted octanol–water partition coefficient (Wildman–Crippen LogP) is 4.23. The van der Waals surface area contributed by atoms with Crippen molar-refractivity contribution in [2.45, 2.75) is 17.4 Å². The minimum absolute atomic E-state index is 0.0405. The van der Waals surface area contributed by atoms with Gasteiger partial charge in [0.2, 0.25) is 0 Å². The normalized spacial score (nSPS) is 10.8. The minimum Gasteiger partial charge on any atom is -0.444 e. The number of thiophene rings is 1. The molecule has 6 heteroatoms. The average molecular weight is 332 g/mol. The van der Waals surface area contributed by atoms with Crippen LogP contribution in [0, 0.1) is 0 Å². The number of benzene rings is 1. The highest BCUT2D eigenvalue weighted by Crippen LogP contribution is 2.28. The number of thioether (sulfide) groups is 1. The molecule has 0 saturated heterocycles. The highest BCUT2D eigenvalue weighted by molar-refractivity contribution is 8.00. The lowest BCUT2D eigenvalue weighted by atomic mass is 10.1. The molecular weight excluding hydrogens is 316 g/mol. The van der Waals surface area contributed by atoms with Crippen molar-refractivity contribution in [2.24, 2.45) is 0 Å². The molecule has 0 fully saturated rings. The summed E-state index contributed by atoms with van der Waals surface area (Å²) in [7, 11) is 0. The first-order chi connectivity index (χ1) is 10.8. The largest absolute Gasteiger partial charge is 0.444 e. The third-order valence-electron chi connectivity index (χ3n) is 3.28. The van der Waals surface area contributed by atoms with E-state index < -0.39 is 0 Å². The molecule has 0 spiro atoms. The van der Waals surface area contributed by atoms with Crippen molar-refractivity contribution >= 4 is 28.8 Å². The maximum Gasteiger partial charge on any atom is 0.181 e. The van der Waals surface area contributed by atoms with E-state index in [0.29, 0.717) is 5.76 Å². The summed E-state index contributed by atoms with van der Waals surface area (Å²) in [5, 5.41) is 13.0. The first-order valence-electron chi connectivity index (χ1n) is 6.79. The Balaban J connectivity index is 1.74. The molecule has 114 valence electrons. The molecule has 1 aromatic carbocycles. The van der Waals surface area contributed by atoms with Crippen LogP contribution >= 0.6 is 23.1 Å². The number of anilines is 1. The second-order valence-electron chi connectivity index (χ2n) is 4.67. The lowest BCUT2D eigenvalue weighted by Gasteiger charge is -2.09. The third kappa shape index (κ3) is 3.35. The van der Waals surface area contributed by atoms with E-state index in [2.05, 4.69) is 28.7 Å². The molecule has 0 aliphatic carbocycles. The highest BCUT2D eigenvalue weighted by atomic mass is 32.2. The molecule has 0 atom stereocenters. The van der Waals surface area contributed by atoms with Gasteiger partial charge in [-0.25, -0.2) is 4.98 Å². The Morgan fingerprint density at radius 2 is 2.23 bits per heavy atom. The Morgan fingerprint density at radius 3 is 2.91 bits per heavy atom. The first-order valence-corrected chi connectivity index (χ1v) is 8.83. The van der Waals surface area contributed by atoms with E-state index in [-0.39, 0.29) is 6.61 Å². The van der Waals surface area contributed by atoms with Crippen molar-refractivity contribution in [1.82, 2.24) is 4.98 Å². The summed E-state index contributed by atoms with van der Waals surface area (Å²) in [6.07, 6.45) is 5.12. The van der Waals surface area contributed by atoms with Gasteiger partial charge < -0.3 is 14.8 Å². The van der Waals surface area contributed by atoms with E-state index >= 15 is 0 Å². The zero-order valence-electron chi connectivity index (χ0n) is 12.1. The van der Waals surface area contributed by atoms with Crippen molar-refractivity contribution in [3.63, 3.8) is 0 Å². The molecule has 0 bridgehead atoms. The van der Waals surface area contributed by atoms with E-state index in [4.69, 9.17) is 4.42 Å². The molecular formula is C16H16N2O2S2. The maximum absolute atomic E-state index is 9.57. The van der Waals surface area contributed by atoms with Crippen LogP contribution in [-0.4, -0.2) is 16.3 Å². The minimum atomic E-state index is -0.0405. The lowest BCUT2D eigenvalue weighted by Crippen LogP contribution is -1.99. The number of nitrogens with zero attached hydrogens (tertiary/aromatic N) is 1. The number of aliphatic hydroxyl groups is 1. The number of aromatic nitrogens is 1. The zero-order valence-corrected chi connectivity index (χ0v) is 13.7. The fourth-order valence-electron chi connectivity index (χ4n) is 2.18. The van der Waals surface area contributed by atoms with Crippen LogP contribution in [0.3, 0.4) is 0 Å². The number of hydrogen-bond acceptors (Lipinski definition) is 6. The van der Waals surface area contributed by atoms with Gasteiger partial charge >= 0.3 is 0 Å². The summed E-state index contributed by atoms with van der Waals surface area (Å²) >= 11 is 3.55. The summed E-state index contributed by atoms with van der Waals surface area (Å²) in [5.74, 6) is 0.665. The zero-order chi connectivity index (χ0) is 15.4. The van der Waals surface area contributed by atoms with E-state index in [1.165, 1.54) is 15.5 Å². The van der Waals surface area contributed by atoms with Gasteiger partial charge in [0, 0.05) is 22.7 Å². The molecule has 0 saturated carbocycles. The quantitative estimate of drug-likeness (QED) is 0.662. The van der Waals surface area contributed by atoms with E-state index in [9.17, 15) is 5.11 Å². The topological polar surface area (TPSA) is 58.3 Å². The highest BCUT2D eigenvalue weighted by Gasteiger charge is 2.09. The van der Waals surface area contributed by atoms with Gasteiger partial charge in [-0.3, -0.25) is 0 Å². The van der Waals surface area contributed by atoms with Crippen LogP contribution in [0.5, 0.6) is 0 Å². The second-order valence-corrected chi connectivity index (χ2v) is 6.95. The Kier molecular flexibility index (Phi) is 4.82. The molecule has 0 amide bonds. The molecule has 22 heavy (non-hydrogen) atoms. The molecule has 2 N–H and O–H groups in total. The summed E-state index contributed by atoms with van der Waals surface area (Å²) < 4.78 is 6.62. The number of rotatable bonds is 6. The van der Waals surface area contributed by atoms with Crippen molar-refractivity contribution in [3.05, 3.63) is 53.4 Å². The molecule has 2 heterocycles. The van der Waals surface area contributed by atoms with Gasteiger partial charge in [-0.1, -0.05) is 0 Å². The van der Waals surface area contributed by atoms with Gasteiger partial charge in [-0.05, 0) is 42.2 Å². The molecule has 4 nitrogen and oxygen atoms in total. The van der Waals surface area contributed by atoms with Crippen LogP contribution < -0.4 is 5.32 Å². The van der Waals surface area contributed by atoms with Gasteiger partial charge in [-0.2, -0.15) is 0 Å².